The van der Waals surface area contributed by atoms with Gasteiger partial charge >= 0.3 is 6.03 Å². The Morgan fingerprint density at radius 3 is 2.44 bits per heavy atom. The van der Waals surface area contributed by atoms with Gasteiger partial charge in [0.25, 0.3) is 0 Å². The van der Waals surface area contributed by atoms with E-state index < -0.39 is 0 Å². The molecule has 0 rings (SSSR count). The summed E-state index contributed by atoms with van der Waals surface area (Å²) in [5, 5.41) is 5.67. The topological polar surface area (TPSA) is 53.6 Å². The number of hydrogen-bond acceptors (Lipinski definition) is 3. The predicted molar refractivity (Wildman–Crippen MR) is 74.9 cm³/mol. The standard InChI is InChI=1S/C13H29N3O2/c1-5-16(12(3)4)10-9-15-13(17)14-8-7-11-18-6-2/h12H,5-11H2,1-4H3,(H2,14,15,17). The summed E-state index contributed by atoms with van der Waals surface area (Å²) in [7, 11) is 0. The third kappa shape index (κ3) is 9.24. The van der Waals surface area contributed by atoms with Crippen molar-refractivity contribution in [2.75, 3.05) is 39.4 Å². The third-order valence-electron chi connectivity index (χ3n) is 2.78. The van der Waals surface area contributed by atoms with E-state index >= 15 is 0 Å². The molecule has 0 aliphatic rings. The smallest absolute Gasteiger partial charge is 0.314 e. The highest BCUT2D eigenvalue weighted by molar-refractivity contribution is 5.73. The molecule has 0 fully saturated rings. The molecule has 0 atom stereocenters. The maximum Gasteiger partial charge on any atom is 0.314 e. The first-order valence-electron chi connectivity index (χ1n) is 6.95. The number of nitrogens with one attached hydrogen (secondary N) is 2. The van der Waals surface area contributed by atoms with Gasteiger partial charge in [-0.3, -0.25) is 4.90 Å². The molecular weight excluding hydrogens is 230 g/mol. The van der Waals surface area contributed by atoms with E-state index in [0.29, 0.717) is 25.7 Å². The van der Waals surface area contributed by atoms with Crippen LogP contribution < -0.4 is 10.6 Å². The number of carbonyl (C=O) groups is 1. The molecule has 18 heavy (non-hydrogen) atoms. The molecule has 0 aliphatic heterocycles. The van der Waals surface area contributed by atoms with Crippen LogP contribution in [0, 0.1) is 0 Å². The molecule has 108 valence electrons. The Hall–Kier alpha value is -0.810. The number of rotatable bonds is 10. The largest absolute Gasteiger partial charge is 0.382 e. The molecule has 0 spiro atoms. The minimum absolute atomic E-state index is 0.0914. The number of carbonyl (C=O) groups excluding carboxylic acids is 1. The molecule has 0 radical (unpaired) electrons. The van der Waals surface area contributed by atoms with Gasteiger partial charge in [0.2, 0.25) is 0 Å². The minimum Gasteiger partial charge on any atom is -0.382 e. The van der Waals surface area contributed by atoms with Crippen LogP contribution in [0.5, 0.6) is 0 Å². The lowest BCUT2D eigenvalue weighted by molar-refractivity contribution is 0.145. The number of hydrogen-bond donors (Lipinski definition) is 2. The molecule has 0 aliphatic carbocycles. The van der Waals surface area contributed by atoms with Crippen LogP contribution in [0.2, 0.25) is 0 Å². The van der Waals surface area contributed by atoms with Crippen LogP contribution in [-0.4, -0.2) is 56.4 Å². The van der Waals surface area contributed by atoms with E-state index in [1.807, 2.05) is 6.92 Å². The van der Waals surface area contributed by atoms with Crippen molar-refractivity contribution in [1.82, 2.24) is 15.5 Å². The third-order valence-corrected chi connectivity index (χ3v) is 2.78. The molecule has 2 N–H and O–H groups in total. The van der Waals surface area contributed by atoms with Gasteiger partial charge in [-0.25, -0.2) is 4.79 Å². The Morgan fingerprint density at radius 2 is 1.89 bits per heavy atom. The van der Waals surface area contributed by atoms with Gasteiger partial charge in [0, 0.05) is 38.9 Å². The lowest BCUT2D eigenvalue weighted by Gasteiger charge is -2.24. The van der Waals surface area contributed by atoms with E-state index in [2.05, 4.69) is 36.3 Å². The van der Waals surface area contributed by atoms with Gasteiger partial charge in [-0.1, -0.05) is 6.92 Å². The van der Waals surface area contributed by atoms with Crippen LogP contribution >= 0.6 is 0 Å². The zero-order chi connectivity index (χ0) is 13.8. The molecule has 0 aromatic rings. The average molecular weight is 259 g/mol. The van der Waals surface area contributed by atoms with E-state index in [-0.39, 0.29) is 6.03 Å². The first-order valence-corrected chi connectivity index (χ1v) is 6.95. The van der Waals surface area contributed by atoms with Crippen molar-refractivity contribution < 1.29 is 9.53 Å². The van der Waals surface area contributed by atoms with E-state index in [0.717, 1.165) is 26.1 Å². The Kier molecular flexibility index (Phi) is 10.8. The fourth-order valence-corrected chi connectivity index (χ4v) is 1.68. The monoisotopic (exact) mass is 259 g/mol. The molecular formula is C13H29N3O2. The second kappa shape index (κ2) is 11.3. The fourth-order valence-electron chi connectivity index (χ4n) is 1.68. The van der Waals surface area contributed by atoms with Crippen LogP contribution in [0.15, 0.2) is 0 Å². The number of likely N-dealkylation sites (N-methyl/N-ethyl adjacent to an activating group) is 1. The van der Waals surface area contributed by atoms with Crippen LogP contribution in [0.4, 0.5) is 4.79 Å². The van der Waals surface area contributed by atoms with Crippen molar-refractivity contribution >= 4 is 6.03 Å². The van der Waals surface area contributed by atoms with Gasteiger partial charge in [-0.2, -0.15) is 0 Å². The summed E-state index contributed by atoms with van der Waals surface area (Å²) in [4.78, 5) is 13.7. The van der Waals surface area contributed by atoms with Crippen molar-refractivity contribution in [2.24, 2.45) is 0 Å². The fraction of sp³-hybridized carbons (Fsp3) is 0.923. The zero-order valence-electron chi connectivity index (χ0n) is 12.3. The highest BCUT2D eigenvalue weighted by Gasteiger charge is 2.06. The minimum atomic E-state index is -0.0914. The molecule has 5 nitrogen and oxygen atoms in total. The Labute approximate surface area is 111 Å². The van der Waals surface area contributed by atoms with Crippen LogP contribution in [0.25, 0.3) is 0 Å². The van der Waals surface area contributed by atoms with Crippen molar-refractivity contribution in [1.29, 1.82) is 0 Å². The first kappa shape index (κ1) is 17.2. The van der Waals surface area contributed by atoms with Crippen molar-refractivity contribution in [3.63, 3.8) is 0 Å². The van der Waals surface area contributed by atoms with Gasteiger partial charge in [-0.05, 0) is 33.7 Å². The first-order chi connectivity index (χ1) is 8.61. The van der Waals surface area contributed by atoms with Gasteiger partial charge in [-0.15, -0.1) is 0 Å². The molecule has 0 aromatic carbocycles. The maximum absolute atomic E-state index is 11.4. The van der Waals surface area contributed by atoms with E-state index in [4.69, 9.17) is 4.74 Å². The van der Waals surface area contributed by atoms with Crippen molar-refractivity contribution in [3.05, 3.63) is 0 Å². The highest BCUT2D eigenvalue weighted by atomic mass is 16.5. The second-order valence-corrected chi connectivity index (χ2v) is 4.46. The zero-order valence-corrected chi connectivity index (χ0v) is 12.3. The Morgan fingerprint density at radius 1 is 1.22 bits per heavy atom. The van der Waals surface area contributed by atoms with E-state index in [1.54, 1.807) is 0 Å². The summed E-state index contributed by atoms with van der Waals surface area (Å²) in [5.41, 5.74) is 0. The molecule has 0 bridgehead atoms. The van der Waals surface area contributed by atoms with Crippen molar-refractivity contribution in [2.45, 2.75) is 40.2 Å². The average Bonchev–Trinajstić information content (AvgIpc) is 2.34. The summed E-state index contributed by atoms with van der Waals surface area (Å²) >= 11 is 0. The van der Waals surface area contributed by atoms with Gasteiger partial charge in [0.15, 0.2) is 0 Å². The number of amides is 2. The van der Waals surface area contributed by atoms with Crippen molar-refractivity contribution in [3.8, 4) is 0 Å². The summed E-state index contributed by atoms with van der Waals surface area (Å²) < 4.78 is 5.19. The summed E-state index contributed by atoms with van der Waals surface area (Å²) in [6.45, 7) is 13.1. The van der Waals surface area contributed by atoms with Gasteiger partial charge < -0.3 is 15.4 Å². The quantitative estimate of drug-likeness (QED) is 0.584. The molecule has 0 saturated heterocycles. The molecule has 0 heterocycles. The lowest BCUT2D eigenvalue weighted by atomic mass is 10.3. The van der Waals surface area contributed by atoms with Crippen LogP contribution in [0.1, 0.15) is 34.1 Å². The lowest BCUT2D eigenvalue weighted by Crippen LogP contribution is -2.42. The number of urea groups is 1. The molecule has 0 unspecified atom stereocenters. The molecule has 0 saturated carbocycles. The Bertz CT molecular complexity index is 210. The number of ether oxygens (including phenoxy) is 1. The predicted octanol–water partition coefficient (Wildman–Crippen LogP) is 1.44. The maximum atomic E-state index is 11.4. The van der Waals surface area contributed by atoms with E-state index in [1.165, 1.54) is 0 Å². The molecule has 2 amide bonds. The molecule has 5 heteroatoms. The summed E-state index contributed by atoms with van der Waals surface area (Å²) in [6.07, 6.45) is 0.855. The van der Waals surface area contributed by atoms with Gasteiger partial charge in [0.05, 0.1) is 0 Å². The number of nitrogens with zero attached hydrogens (tertiary/aromatic N) is 1. The van der Waals surface area contributed by atoms with Gasteiger partial charge in [0.1, 0.15) is 0 Å². The van der Waals surface area contributed by atoms with E-state index in [9.17, 15) is 4.79 Å². The summed E-state index contributed by atoms with van der Waals surface area (Å²) in [5.74, 6) is 0. The molecule has 0 aromatic heterocycles. The Balaban J connectivity index is 3.47. The second-order valence-electron chi connectivity index (χ2n) is 4.46. The highest BCUT2D eigenvalue weighted by Crippen LogP contribution is 1.95. The van der Waals surface area contributed by atoms with Crippen LogP contribution in [0.3, 0.4) is 0 Å². The summed E-state index contributed by atoms with van der Waals surface area (Å²) in [6, 6.07) is 0.428. The van der Waals surface area contributed by atoms with Crippen LogP contribution in [-0.2, 0) is 4.74 Å². The SMILES string of the molecule is CCOCCCNC(=O)NCCN(CC)C(C)C. The normalized spacial score (nSPS) is 11.0.